The summed E-state index contributed by atoms with van der Waals surface area (Å²) in [5.41, 5.74) is 0. The predicted octanol–water partition coefficient (Wildman–Crippen LogP) is 2.62. The molecular formula is C12H27NO2Si. The Labute approximate surface area is 101 Å². The van der Waals surface area contributed by atoms with Gasteiger partial charge in [-0.15, -0.1) is 0 Å². The quantitative estimate of drug-likeness (QED) is 0.644. The standard InChI is InChI=1S/C12H27NO2Si/c1-4-16(14-2,15-3)12-8-11-13-9-6-5-7-10-13/h4-12H2,1-3H3. The highest BCUT2D eigenvalue weighted by Crippen LogP contribution is 2.20. The molecule has 0 radical (unpaired) electrons. The fourth-order valence-electron chi connectivity index (χ4n) is 2.51. The van der Waals surface area contributed by atoms with E-state index in [-0.39, 0.29) is 0 Å². The highest BCUT2D eigenvalue weighted by atomic mass is 28.4. The molecule has 1 aliphatic heterocycles. The van der Waals surface area contributed by atoms with E-state index in [0.717, 1.165) is 12.1 Å². The summed E-state index contributed by atoms with van der Waals surface area (Å²) in [7, 11) is 1.78. The van der Waals surface area contributed by atoms with Crippen LogP contribution in [0.25, 0.3) is 0 Å². The van der Waals surface area contributed by atoms with E-state index >= 15 is 0 Å². The Kier molecular flexibility index (Phi) is 6.57. The van der Waals surface area contributed by atoms with Crippen molar-refractivity contribution in [1.29, 1.82) is 0 Å². The van der Waals surface area contributed by atoms with Gasteiger partial charge in [-0.05, 0) is 51.0 Å². The van der Waals surface area contributed by atoms with Crippen molar-refractivity contribution < 1.29 is 8.85 Å². The van der Waals surface area contributed by atoms with Crippen molar-refractivity contribution in [2.45, 2.75) is 44.7 Å². The van der Waals surface area contributed by atoms with E-state index in [4.69, 9.17) is 8.85 Å². The van der Waals surface area contributed by atoms with Crippen molar-refractivity contribution in [1.82, 2.24) is 4.90 Å². The zero-order valence-electron chi connectivity index (χ0n) is 11.1. The molecule has 96 valence electrons. The van der Waals surface area contributed by atoms with Gasteiger partial charge in [0.2, 0.25) is 0 Å². The van der Waals surface area contributed by atoms with Crippen LogP contribution >= 0.6 is 0 Å². The third kappa shape index (κ3) is 4.16. The summed E-state index contributed by atoms with van der Waals surface area (Å²) in [4.78, 5) is 2.59. The number of rotatable bonds is 7. The maximum absolute atomic E-state index is 5.62. The topological polar surface area (TPSA) is 21.7 Å². The lowest BCUT2D eigenvalue weighted by atomic mass is 10.1. The van der Waals surface area contributed by atoms with Gasteiger partial charge in [-0.1, -0.05) is 13.3 Å². The zero-order chi connectivity index (χ0) is 11.9. The highest BCUT2D eigenvalue weighted by Gasteiger charge is 2.32. The number of hydrogen-bond acceptors (Lipinski definition) is 3. The molecule has 1 heterocycles. The van der Waals surface area contributed by atoms with Crippen LogP contribution in [0.15, 0.2) is 0 Å². The Morgan fingerprint density at radius 1 is 1.06 bits per heavy atom. The minimum Gasteiger partial charge on any atom is -0.398 e. The summed E-state index contributed by atoms with van der Waals surface area (Å²) in [5.74, 6) is 0. The molecule has 0 atom stereocenters. The maximum atomic E-state index is 5.62. The molecule has 0 saturated carbocycles. The van der Waals surface area contributed by atoms with Crippen LogP contribution in [0.5, 0.6) is 0 Å². The molecule has 0 aromatic rings. The van der Waals surface area contributed by atoms with Gasteiger partial charge in [0.1, 0.15) is 0 Å². The van der Waals surface area contributed by atoms with Gasteiger partial charge in [0.25, 0.3) is 0 Å². The van der Waals surface area contributed by atoms with Crippen LogP contribution in [0.4, 0.5) is 0 Å². The second-order valence-electron chi connectivity index (χ2n) is 4.68. The lowest BCUT2D eigenvalue weighted by Gasteiger charge is -2.29. The first-order valence-electron chi connectivity index (χ1n) is 6.59. The molecule has 4 heteroatoms. The third-order valence-electron chi connectivity index (χ3n) is 3.76. The fraction of sp³-hybridized carbons (Fsp3) is 1.00. The molecule has 0 aromatic carbocycles. The first kappa shape index (κ1) is 14.2. The highest BCUT2D eigenvalue weighted by molar-refractivity contribution is 6.67. The van der Waals surface area contributed by atoms with Crippen molar-refractivity contribution in [2.75, 3.05) is 33.9 Å². The average molecular weight is 245 g/mol. The van der Waals surface area contributed by atoms with Crippen LogP contribution in [0.3, 0.4) is 0 Å². The SMILES string of the molecule is CC[Si](CCCN1CCCCC1)(OC)OC. The van der Waals surface area contributed by atoms with E-state index < -0.39 is 8.56 Å². The van der Waals surface area contributed by atoms with Crippen LogP contribution in [-0.4, -0.2) is 47.3 Å². The first-order valence-corrected chi connectivity index (χ1v) is 8.82. The molecule has 0 amide bonds. The second-order valence-corrected chi connectivity index (χ2v) is 8.52. The Morgan fingerprint density at radius 2 is 1.69 bits per heavy atom. The second kappa shape index (κ2) is 7.43. The van der Waals surface area contributed by atoms with E-state index in [1.807, 2.05) is 0 Å². The normalized spacial score (nSPS) is 18.9. The van der Waals surface area contributed by atoms with Crippen LogP contribution < -0.4 is 0 Å². The molecule has 1 aliphatic rings. The summed E-state index contributed by atoms with van der Waals surface area (Å²) in [6.07, 6.45) is 5.40. The molecule has 0 bridgehead atoms. The summed E-state index contributed by atoms with van der Waals surface area (Å²) in [6, 6.07) is 2.19. The third-order valence-corrected chi connectivity index (χ3v) is 7.44. The van der Waals surface area contributed by atoms with Crippen LogP contribution in [0, 0.1) is 0 Å². The predicted molar refractivity (Wildman–Crippen MR) is 70.0 cm³/mol. The molecule has 0 spiro atoms. The zero-order valence-corrected chi connectivity index (χ0v) is 12.1. The van der Waals surface area contributed by atoms with E-state index in [1.165, 1.54) is 45.3 Å². The van der Waals surface area contributed by atoms with E-state index in [1.54, 1.807) is 14.2 Å². The molecule has 0 aromatic heterocycles. The molecule has 16 heavy (non-hydrogen) atoms. The van der Waals surface area contributed by atoms with Crippen LogP contribution in [0.2, 0.25) is 12.1 Å². The van der Waals surface area contributed by atoms with Gasteiger partial charge in [0, 0.05) is 14.2 Å². The van der Waals surface area contributed by atoms with Crippen molar-refractivity contribution >= 4 is 8.56 Å². The van der Waals surface area contributed by atoms with Crippen molar-refractivity contribution in [3.63, 3.8) is 0 Å². The van der Waals surface area contributed by atoms with E-state index in [9.17, 15) is 0 Å². The van der Waals surface area contributed by atoms with E-state index in [2.05, 4.69) is 11.8 Å². The van der Waals surface area contributed by atoms with Gasteiger partial charge >= 0.3 is 8.56 Å². The van der Waals surface area contributed by atoms with E-state index in [0.29, 0.717) is 0 Å². The van der Waals surface area contributed by atoms with Gasteiger partial charge < -0.3 is 13.8 Å². The van der Waals surface area contributed by atoms with Gasteiger partial charge in [-0.2, -0.15) is 0 Å². The van der Waals surface area contributed by atoms with Gasteiger partial charge in [0.05, 0.1) is 0 Å². The maximum Gasteiger partial charge on any atom is 0.337 e. The first-order chi connectivity index (χ1) is 7.76. The molecule has 0 N–H and O–H groups in total. The Morgan fingerprint density at radius 3 is 2.19 bits per heavy atom. The molecule has 1 fully saturated rings. The Hall–Kier alpha value is 0.0969. The van der Waals surface area contributed by atoms with Crippen molar-refractivity contribution in [3.8, 4) is 0 Å². The summed E-state index contributed by atoms with van der Waals surface area (Å²) in [5, 5.41) is 0. The van der Waals surface area contributed by atoms with Gasteiger partial charge in [0.15, 0.2) is 0 Å². The molecule has 3 nitrogen and oxygen atoms in total. The lowest BCUT2D eigenvalue weighted by Crippen LogP contribution is -2.40. The van der Waals surface area contributed by atoms with Gasteiger partial charge in [-0.25, -0.2) is 0 Å². The largest absolute Gasteiger partial charge is 0.398 e. The number of likely N-dealkylation sites (tertiary alicyclic amines) is 1. The summed E-state index contributed by atoms with van der Waals surface area (Å²) in [6.45, 7) is 5.99. The number of piperidine rings is 1. The molecule has 0 unspecified atom stereocenters. The molecular weight excluding hydrogens is 218 g/mol. The number of nitrogens with zero attached hydrogens (tertiary/aromatic N) is 1. The number of hydrogen-bond donors (Lipinski definition) is 0. The van der Waals surface area contributed by atoms with Crippen LogP contribution in [-0.2, 0) is 8.85 Å². The minimum absolute atomic E-state index is 1.06. The lowest BCUT2D eigenvalue weighted by molar-refractivity contribution is 0.216. The molecule has 1 saturated heterocycles. The van der Waals surface area contributed by atoms with Crippen molar-refractivity contribution in [3.05, 3.63) is 0 Å². The Bertz CT molecular complexity index is 172. The molecule has 0 aliphatic carbocycles. The Balaban J connectivity index is 2.21. The fourth-order valence-corrected chi connectivity index (χ4v) is 4.71. The van der Waals surface area contributed by atoms with Gasteiger partial charge in [-0.3, -0.25) is 0 Å². The summed E-state index contributed by atoms with van der Waals surface area (Å²) < 4.78 is 11.2. The minimum atomic E-state index is -1.83. The summed E-state index contributed by atoms with van der Waals surface area (Å²) >= 11 is 0. The average Bonchev–Trinajstić information content (AvgIpc) is 2.37. The van der Waals surface area contributed by atoms with Crippen LogP contribution in [0.1, 0.15) is 32.6 Å². The monoisotopic (exact) mass is 245 g/mol. The molecule has 1 rings (SSSR count). The van der Waals surface area contributed by atoms with Crippen molar-refractivity contribution in [2.24, 2.45) is 0 Å². The smallest absolute Gasteiger partial charge is 0.337 e.